The van der Waals surface area contributed by atoms with Gasteiger partial charge in [-0.2, -0.15) is 13.2 Å². The molecule has 0 aromatic heterocycles. The Kier molecular flexibility index (Phi) is 8.31. The van der Waals surface area contributed by atoms with Crippen molar-refractivity contribution in [1.29, 1.82) is 0 Å². The van der Waals surface area contributed by atoms with Crippen molar-refractivity contribution < 1.29 is 18.0 Å². The zero-order chi connectivity index (χ0) is 20.7. The van der Waals surface area contributed by atoms with Gasteiger partial charge in [0.25, 0.3) is 5.91 Å². The van der Waals surface area contributed by atoms with Gasteiger partial charge >= 0.3 is 6.18 Å². The summed E-state index contributed by atoms with van der Waals surface area (Å²) in [6.07, 6.45) is -2.12. The summed E-state index contributed by atoms with van der Waals surface area (Å²) in [7, 11) is 5.85. The monoisotopic (exact) mass is 399 g/mol. The third kappa shape index (κ3) is 7.80. The van der Waals surface area contributed by atoms with E-state index in [4.69, 9.17) is 0 Å². The number of amides is 1. The highest BCUT2D eigenvalue weighted by molar-refractivity contribution is 5.94. The van der Waals surface area contributed by atoms with E-state index >= 15 is 0 Å². The van der Waals surface area contributed by atoms with E-state index in [0.717, 1.165) is 37.9 Å². The summed E-state index contributed by atoms with van der Waals surface area (Å²) in [4.78, 5) is 18.2. The number of carbonyl (C=O) groups is 1. The lowest BCUT2D eigenvalue weighted by atomic mass is 9.98. The van der Waals surface area contributed by atoms with Gasteiger partial charge in [-0.05, 0) is 70.1 Å². The van der Waals surface area contributed by atoms with Crippen LogP contribution in [0.2, 0.25) is 0 Å². The molecule has 0 aliphatic carbocycles. The maximum absolute atomic E-state index is 12.5. The normalized spacial score (nSPS) is 18.0. The minimum Gasteiger partial charge on any atom is -0.342 e. The lowest BCUT2D eigenvalue weighted by Gasteiger charge is -2.19. The molecule has 1 aliphatic rings. The molecule has 1 fully saturated rings. The van der Waals surface area contributed by atoms with Gasteiger partial charge in [0.05, 0.1) is 6.42 Å². The molecule has 1 amide bonds. The molecule has 2 rings (SSSR count). The molecule has 1 unspecified atom stereocenters. The van der Waals surface area contributed by atoms with Gasteiger partial charge in [-0.15, -0.1) is 0 Å². The second-order valence-corrected chi connectivity index (χ2v) is 8.11. The minimum atomic E-state index is -4.08. The van der Waals surface area contributed by atoms with E-state index < -0.39 is 12.6 Å². The number of rotatable bonds is 9. The van der Waals surface area contributed by atoms with E-state index in [1.807, 2.05) is 50.3 Å². The molecule has 0 N–H and O–H groups in total. The standard InChI is InChI=1S/C21H32F3N3O/c1-25(2)11-4-12-26(3)20(28)19-7-5-17(6-8-19)15-18-9-13-27(16-18)14-10-21(22,23)24/h5-8,18H,4,9-16H2,1-3H3. The van der Waals surface area contributed by atoms with Crippen LogP contribution in [0, 0.1) is 5.92 Å². The van der Waals surface area contributed by atoms with Crippen LogP contribution in [0.15, 0.2) is 24.3 Å². The third-order valence-corrected chi connectivity index (χ3v) is 5.25. The number of benzene rings is 1. The second kappa shape index (κ2) is 10.3. The summed E-state index contributed by atoms with van der Waals surface area (Å²) in [5.41, 5.74) is 1.81. The Morgan fingerprint density at radius 3 is 2.43 bits per heavy atom. The van der Waals surface area contributed by atoms with Crippen LogP contribution in [0.25, 0.3) is 0 Å². The summed E-state index contributed by atoms with van der Waals surface area (Å²) in [6, 6.07) is 7.66. The lowest BCUT2D eigenvalue weighted by Crippen LogP contribution is -2.29. The maximum Gasteiger partial charge on any atom is 0.390 e. The van der Waals surface area contributed by atoms with Gasteiger partial charge in [-0.3, -0.25) is 4.79 Å². The average molecular weight is 400 g/mol. The first kappa shape index (κ1) is 22.7. The Labute approximate surface area is 166 Å². The zero-order valence-electron chi connectivity index (χ0n) is 17.1. The Balaban J connectivity index is 1.79. The van der Waals surface area contributed by atoms with Crippen molar-refractivity contribution in [2.75, 3.05) is 53.9 Å². The Morgan fingerprint density at radius 2 is 1.82 bits per heavy atom. The van der Waals surface area contributed by atoms with Gasteiger partial charge in [0, 0.05) is 32.2 Å². The molecule has 7 heteroatoms. The van der Waals surface area contributed by atoms with Crippen molar-refractivity contribution >= 4 is 5.91 Å². The highest BCUT2D eigenvalue weighted by Gasteiger charge is 2.30. The first-order valence-corrected chi connectivity index (χ1v) is 9.92. The highest BCUT2D eigenvalue weighted by Crippen LogP contribution is 2.25. The molecule has 1 heterocycles. The van der Waals surface area contributed by atoms with Gasteiger partial charge in [-0.1, -0.05) is 12.1 Å². The van der Waals surface area contributed by atoms with E-state index in [-0.39, 0.29) is 12.5 Å². The molecular formula is C21H32F3N3O. The SMILES string of the molecule is CN(C)CCCN(C)C(=O)c1ccc(CC2CCN(CCC(F)(F)F)C2)cc1. The van der Waals surface area contributed by atoms with Gasteiger partial charge in [-0.25, -0.2) is 0 Å². The van der Waals surface area contributed by atoms with Crippen LogP contribution in [-0.2, 0) is 6.42 Å². The van der Waals surface area contributed by atoms with E-state index in [2.05, 4.69) is 4.90 Å². The fourth-order valence-electron chi connectivity index (χ4n) is 3.63. The number of nitrogens with zero attached hydrogens (tertiary/aromatic N) is 3. The number of alkyl halides is 3. The summed E-state index contributed by atoms with van der Waals surface area (Å²) >= 11 is 0. The van der Waals surface area contributed by atoms with Crippen LogP contribution >= 0.6 is 0 Å². The molecule has 4 nitrogen and oxygen atoms in total. The van der Waals surface area contributed by atoms with Crippen molar-refractivity contribution in [3.8, 4) is 0 Å². The number of likely N-dealkylation sites (tertiary alicyclic amines) is 1. The largest absolute Gasteiger partial charge is 0.390 e. The molecule has 1 aliphatic heterocycles. The smallest absolute Gasteiger partial charge is 0.342 e. The van der Waals surface area contributed by atoms with Crippen LogP contribution in [0.3, 0.4) is 0 Å². The number of hydrogen-bond acceptors (Lipinski definition) is 3. The van der Waals surface area contributed by atoms with Crippen LogP contribution < -0.4 is 0 Å². The predicted molar refractivity (Wildman–Crippen MR) is 105 cm³/mol. The van der Waals surface area contributed by atoms with Crippen molar-refractivity contribution in [1.82, 2.24) is 14.7 Å². The quantitative estimate of drug-likeness (QED) is 0.636. The summed E-state index contributed by atoms with van der Waals surface area (Å²) in [5.74, 6) is 0.396. The third-order valence-electron chi connectivity index (χ3n) is 5.25. The Hall–Kier alpha value is -1.60. The summed E-state index contributed by atoms with van der Waals surface area (Å²) < 4.78 is 37.1. The zero-order valence-corrected chi connectivity index (χ0v) is 17.1. The van der Waals surface area contributed by atoms with Gasteiger partial charge in [0.1, 0.15) is 0 Å². The summed E-state index contributed by atoms with van der Waals surface area (Å²) in [5, 5.41) is 0. The van der Waals surface area contributed by atoms with Crippen molar-refractivity contribution in [3.05, 3.63) is 35.4 Å². The van der Waals surface area contributed by atoms with Crippen LogP contribution in [0.5, 0.6) is 0 Å². The maximum atomic E-state index is 12.5. The molecule has 0 spiro atoms. The number of halogens is 3. The second-order valence-electron chi connectivity index (χ2n) is 8.11. The Bertz CT molecular complexity index is 616. The first-order chi connectivity index (χ1) is 13.1. The molecule has 158 valence electrons. The highest BCUT2D eigenvalue weighted by atomic mass is 19.4. The van der Waals surface area contributed by atoms with Crippen molar-refractivity contribution in [2.45, 2.75) is 31.9 Å². The lowest BCUT2D eigenvalue weighted by molar-refractivity contribution is -0.137. The molecule has 28 heavy (non-hydrogen) atoms. The van der Waals surface area contributed by atoms with Crippen molar-refractivity contribution in [3.63, 3.8) is 0 Å². The fourth-order valence-corrected chi connectivity index (χ4v) is 3.63. The van der Waals surface area contributed by atoms with Gasteiger partial charge in [0.15, 0.2) is 0 Å². The van der Waals surface area contributed by atoms with E-state index in [9.17, 15) is 18.0 Å². The molecule has 1 saturated heterocycles. The van der Waals surface area contributed by atoms with Gasteiger partial charge in [0.2, 0.25) is 0 Å². The molecule has 1 atom stereocenters. The minimum absolute atomic E-state index is 0.0181. The molecule has 1 aromatic rings. The van der Waals surface area contributed by atoms with Crippen LogP contribution in [0.1, 0.15) is 35.2 Å². The van der Waals surface area contributed by atoms with E-state index in [0.29, 0.717) is 24.6 Å². The molecule has 0 bridgehead atoms. The molecule has 1 aromatic carbocycles. The topological polar surface area (TPSA) is 26.8 Å². The predicted octanol–water partition coefficient (Wildman–Crippen LogP) is 3.53. The molecular weight excluding hydrogens is 367 g/mol. The van der Waals surface area contributed by atoms with Crippen LogP contribution in [-0.4, -0.2) is 80.7 Å². The number of hydrogen-bond donors (Lipinski definition) is 0. The Morgan fingerprint density at radius 1 is 1.14 bits per heavy atom. The fraction of sp³-hybridized carbons (Fsp3) is 0.667. The summed E-state index contributed by atoms with van der Waals surface area (Å²) in [6.45, 7) is 3.20. The molecule has 0 saturated carbocycles. The van der Waals surface area contributed by atoms with E-state index in [1.165, 1.54) is 0 Å². The van der Waals surface area contributed by atoms with E-state index in [1.54, 1.807) is 4.90 Å². The first-order valence-electron chi connectivity index (χ1n) is 9.92. The van der Waals surface area contributed by atoms with Crippen molar-refractivity contribution in [2.24, 2.45) is 5.92 Å². The average Bonchev–Trinajstić information content (AvgIpc) is 3.06. The van der Waals surface area contributed by atoms with Gasteiger partial charge < -0.3 is 14.7 Å². The number of carbonyl (C=O) groups excluding carboxylic acids is 1. The molecule has 0 radical (unpaired) electrons. The van der Waals surface area contributed by atoms with Crippen LogP contribution in [0.4, 0.5) is 13.2 Å².